The third kappa shape index (κ3) is 11.0. The third-order valence-electron chi connectivity index (χ3n) is 5.85. The second-order valence-electron chi connectivity index (χ2n) is 10.0. The van der Waals surface area contributed by atoms with Gasteiger partial charge in [0.2, 0.25) is 11.8 Å². The number of nitrogens with zero attached hydrogens (tertiary/aromatic N) is 1. The van der Waals surface area contributed by atoms with Crippen molar-refractivity contribution in [1.82, 2.24) is 15.5 Å². The van der Waals surface area contributed by atoms with Crippen molar-refractivity contribution in [2.24, 2.45) is 5.92 Å². The van der Waals surface area contributed by atoms with Crippen LogP contribution in [0, 0.1) is 5.92 Å². The second kappa shape index (κ2) is 15.6. The lowest BCUT2D eigenvalue weighted by Gasteiger charge is -2.30. The van der Waals surface area contributed by atoms with Gasteiger partial charge in [0.15, 0.2) is 17.8 Å². The fraction of sp³-hybridized carbons (Fsp3) is 0.593. The molecule has 0 spiro atoms. The molecule has 39 heavy (non-hydrogen) atoms. The molecule has 0 aromatic heterocycles. The molecule has 3 amide bonds. The molecule has 1 saturated heterocycles. The Kier molecular flexibility index (Phi) is 12.9. The van der Waals surface area contributed by atoms with Crippen LogP contribution in [-0.2, 0) is 44.8 Å². The number of amides is 3. The molecule has 2 atom stereocenters. The molecule has 216 valence electrons. The summed E-state index contributed by atoms with van der Waals surface area (Å²) in [6, 6.07) is 8.05. The van der Waals surface area contributed by atoms with E-state index in [4.69, 9.17) is 14.2 Å². The maximum atomic E-state index is 13.2. The van der Waals surface area contributed by atoms with Crippen molar-refractivity contribution in [3.8, 4) is 0 Å². The van der Waals surface area contributed by atoms with Crippen molar-refractivity contribution in [3.63, 3.8) is 0 Å². The molecule has 1 aliphatic heterocycles. The Labute approximate surface area is 233 Å². The van der Waals surface area contributed by atoms with Crippen LogP contribution in [0.5, 0.6) is 0 Å². The van der Waals surface area contributed by atoms with E-state index in [9.17, 15) is 24.0 Å². The summed E-state index contributed by atoms with van der Waals surface area (Å²) in [5.41, 5.74) is -0.558. The SMILES string of the molecule is CC(=O)S[C@@H](C(=O)NC(C)(C)C(=O)N[C@@H](COCc1ccccc1)C(=O)OCC(=O)N1CCOCC1)C(C)C. The summed E-state index contributed by atoms with van der Waals surface area (Å²) < 4.78 is 16.1. The first-order valence-corrected chi connectivity index (χ1v) is 13.7. The molecule has 0 radical (unpaired) electrons. The molecule has 12 heteroatoms. The zero-order valence-electron chi connectivity index (χ0n) is 23.2. The van der Waals surface area contributed by atoms with E-state index in [1.807, 2.05) is 44.2 Å². The van der Waals surface area contributed by atoms with Crippen molar-refractivity contribution in [2.45, 2.75) is 58.1 Å². The summed E-state index contributed by atoms with van der Waals surface area (Å²) in [5.74, 6) is -2.49. The first-order chi connectivity index (χ1) is 18.4. The maximum Gasteiger partial charge on any atom is 0.331 e. The summed E-state index contributed by atoms with van der Waals surface area (Å²) >= 11 is 0.896. The number of ether oxygens (including phenoxy) is 3. The van der Waals surface area contributed by atoms with Gasteiger partial charge in [0.1, 0.15) is 5.54 Å². The van der Waals surface area contributed by atoms with E-state index < -0.39 is 41.2 Å². The normalized spacial score (nSPS) is 15.3. The average molecular weight is 566 g/mol. The van der Waals surface area contributed by atoms with E-state index in [0.717, 1.165) is 17.3 Å². The zero-order valence-corrected chi connectivity index (χ0v) is 24.0. The van der Waals surface area contributed by atoms with E-state index in [0.29, 0.717) is 26.3 Å². The molecule has 1 aromatic carbocycles. The van der Waals surface area contributed by atoms with Gasteiger partial charge in [-0.15, -0.1) is 0 Å². The highest BCUT2D eigenvalue weighted by Crippen LogP contribution is 2.21. The molecule has 0 aliphatic carbocycles. The predicted octanol–water partition coefficient (Wildman–Crippen LogP) is 1.29. The van der Waals surface area contributed by atoms with E-state index in [1.165, 1.54) is 20.8 Å². The first-order valence-electron chi connectivity index (χ1n) is 12.8. The molecular weight excluding hydrogens is 526 g/mol. The Morgan fingerprint density at radius 2 is 1.72 bits per heavy atom. The standard InChI is InChI=1S/C27H39N3O8S/c1-18(2)23(39-19(3)31)24(33)29-27(4,5)26(35)28-21(16-37-15-20-9-7-6-8-10-20)25(34)38-17-22(32)30-11-13-36-14-12-30/h6-10,18,21,23H,11-17H2,1-5H3,(H,28,35)(H,29,33)/t21-,23+/m0/s1. The molecule has 0 bridgehead atoms. The van der Waals surface area contributed by atoms with Crippen LogP contribution in [0.15, 0.2) is 30.3 Å². The van der Waals surface area contributed by atoms with Crippen molar-refractivity contribution < 1.29 is 38.2 Å². The summed E-state index contributed by atoms with van der Waals surface area (Å²) in [4.78, 5) is 64.6. The molecule has 0 unspecified atom stereocenters. The summed E-state index contributed by atoms with van der Waals surface area (Å²) in [6.07, 6.45) is 0. The molecular formula is C27H39N3O8S. The van der Waals surface area contributed by atoms with Gasteiger partial charge in [0, 0.05) is 20.0 Å². The number of thioether (sulfide) groups is 1. The van der Waals surface area contributed by atoms with E-state index >= 15 is 0 Å². The minimum absolute atomic E-state index is 0.157. The number of benzene rings is 1. The molecule has 1 aliphatic rings. The minimum atomic E-state index is -1.43. The fourth-order valence-corrected chi connectivity index (χ4v) is 4.42. The lowest BCUT2D eigenvalue weighted by atomic mass is 10.0. The highest BCUT2D eigenvalue weighted by molar-refractivity contribution is 8.14. The number of carbonyl (C=O) groups is 5. The second-order valence-corrected chi connectivity index (χ2v) is 11.3. The Bertz CT molecular complexity index is 996. The van der Waals surface area contributed by atoms with Gasteiger partial charge in [-0.1, -0.05) is 55.9 Å². The smallest absolute Gasteiger partial charge is 0.331 e. The van der Waals surface area contributed by atoms with Crippen LogP contribution in [0.3, 0.4) is 0 Å². The van der Waals surface area contributed by atoms with E-state index in [2.05, 4.69) is 10.6 Å². The van der Waals surface area contributed by atoms with E-state index in [1.54, 1.807) is 4.90 Å². The molecule has 1 aromatic rings. The van der Waals surface area contributed by atoms with Gasteiger partial charge in [-0.25, -0.2) is 4.79 Å². The van der Waals surface area contributed by atoms with E-state index in [-0.39, 0.29) is 30.2 Å². The summed E-state index contributed by atoms with van der Waals surface area (Å²) in [5, 5.41) is 4.37. The molecule has 0 saturated carbocycles. The maximum absolute atomic E-state index is 13.2. The number of esters is 1. The predicted molar refractivity (Wildman–Crippen MR) is 146 cm³/mol. The minimum Gasteiger partial charge on any atom is -0.454 e. The van der Waals surface area contributed by atoms with Crippen LogP contribution in [-0.4, -0.2) is 90.1 Å². The van der Waals surface area contributed by atoms with Gasteiger partial charge in [-0.3, -0.25) is 19.2 Å². The summed E-state index contributed by atoms with van der Waals surface area (Å²) in [6.45, 7) is 9.09. The number of carbonyl (C=O) groups excluding carboxylic acids is 5. The Hall–Kier alpha value is -2.96. The van der Waals surface area contributed by atoms with Crippen molar-refractivity contribution in [3.05, 3.63) is 35.9 Å². The topological polar surface area (TPSA) is 140 Å². The molecule has 2 N–H and O–H groups in total. The lowest BCUT2D eigenvalue weighted by Crippen LogP contribution is -2.60. The number of morpholine rings is 1. The monoisotopic (exact) mass is 565 g/mol. The van der Waals surface area contributed by atoms with Crippen LogP contribution >= 0.6 is 11.8 Å². The van der Waals surface area contributed by atoms with Crippen molar-refractivity contribution in [2.75, 3.05) is 39.5 Å². The van der Waals surface area contributed by atoms with Crippen LogP contribution in [0.4, 0.5) is 0 Å². The van der Waals surface area contributed by atoms with Crippen molar-refractivity contribution >= 4 is 40.6 Å². The van der Waals surface area contributed by atoms with Crippen LogP contribution in [0.25, 0.3) is 0 Å². The summed E-state index contributed by atoms with van der Waals surface area (Å²) in [7, 11) is 0. The number of rotatable bonds is 13. The molecule has 1 heterocycles. The van der Waals surface area contributed by atoms with Crippen molar-refractivity contribution in [1.29, 1.82) is 0 Å². The van der Waals surface area contributed by atoms with Gasteiger partial charge >= 0.3 is 5.97 Å². The molecule has 1 fully saturated rings. The van der Waals surface area contributed by atoms with Gasteiger partial charge in [0.25, 0.3) is 5.91 Å². The quantitative estimate of drug-likeness (QED) is 0.339. The fourth-order valence-electron chi connectivity index (χ4n) is 3.62. The number of nitrogens with one attached hydrogen (secondary N) is 2. The van der Waals surface area contributed by atoms with Gasteiger partial charge < -0.3 is 29.7 Å². The Morgan fingerprint density at radius 1 is 1.08 bits per heavy atom. The third-order valence-corrected chi connectivity index (χ3v) is 7.19. The van der Waals surface area contributed by atoms with Crippen LogP contribution in [0.2, 0.25) is 0 Å². The largest absolute Gasteiger partial charge is 0.454 e. The highest BCUT2D eigenvalue weighted by Gasteiger charge is 2.36. The Balaban J connectivity index is 2.06. The van der Waals surface area contributed by atoms with Gasteiger partial charge in [-0.05, 0) is 25.3 Å². The first kappa shape index (κ1) is 32.3. The highest BCUT2D eigenvalue weighted by atomic mass is 32.2. The van der Waals surface area contributed by atoms with Crippen LogP contribution < -0.4 is 10.6 Å². The number of hydrogen-bond acceptors (Lipinski definition) is 9. The lowest BCUT2D eigenvalue weighted by molar-refractivity contribution is -0.157. The van der Waals surface area contributed by atoms with Crippen LogP contribution in [0.1, 0.15) is 40.2 Å². The van der Waals surface area contributed by atoms with Gasteiger partial charge in [-0.2, -0.15) is 0 Å². The van der Waals surface area contributed by atoms with Gasteiger partial charge in [0.05, 0.1) is 31.7 Å². The number of hydrogen-bond donors (Lipinski definition) is 2. The zero-order chi connectivity index (χ0) is 29.0. The molecule has 2 rings (SSSR count). The Morgan fingerprint density at radius 3 is 2.31 bits per heavy atom. The molecule has 11 nitrogen and oxygen atoms in total. The average Bonchev–Trinajstić information content (AvgIpc) is 2.90.